The second-order valence-corrected chi connectivity index (χ2v) is 5.91. The summed E-state index contributed by atoms with van der Waals surface area (Å²) in [4.78, 5) is 14.3. The lowest BCUT2D eigenvalue weighted by molar-refractivity contribution is -0.121. The topological polar surface area (TPSA) is 44.4 Å². The summed E-state index contributed by atoms with van der Waals surface area (Å²) in [6, 6.07) is 8.17. The van der Waals surface area contributed by atoms with E-state index in [1.807, 2.05) is 25.2 Å². The van der Waals surface area contributed by atoms with Crippen molar-refractivity contribution in [1.82, 2.24) is 15.5 Å². The van der Waals surface area contributed by atoms with Gasteiger partial charge >= 0.3 is 0 Å². The first-order chi connectivity index (χ1) is 10.2. The molecule has 1 heterocycles. The van der Waals surface area contributed by atoms with Crippen LogP contribution in [0.5, 0.6) is 0 Å². The van der Waals surface area contributed by atoms with E-state index in [-0.39, 0.29) is 11.9 Å². The molecule has 1 aliphatic rings. The maximum Gasteiger partial charge on any atom is 0.221 e. The number of hydrogen-bond acceptors (Lipinski definition) is 3. The Kier molecular flexibility index (Phi) is 6.49. The van der Waals surface area contributed by atoms with Crippen LogP contribution in [0.15, 0.2) is 24.3 Å². The molecule has 1 fully saturated rings. The van der Waals surface area contributed by atoms with Crippen LogP contribution in [0.3, 0.4) is 0 Å². The third-order valence-electron chi connectivity index (χ3n) is 3.91. The number of rotatable bonds is 7. The van der Waals surface area contributed by atoms with Crippen LogP contribution in [0, 0.1) is 0 Å². The average Bonchev–Trinajstić information content (AvgIpc) is 2.99. The molecule has 0 spiro atoms. The molecule has 0 radical (unpaired) electrons. The van der Waals surface area contributed by atoms with Crippen LogP contribution in [0.25, 0.3) is 0 Å². The average molecular weight is 310 g/mol. The number of nitrogens with zero attached hydrogens (tertiary/aromatic N) is 1. The smallest absolute Gasteiger partial charge is 0.221 e. The van der Waals surface area contributed by atoms with Crippen LogP contribution in [0.2, 0.25) is 5.02 Å². The molecule has 1 aromatic rings. The van der Waals surface area contributed by atoms with E-state index in [9.17, 15) is 4.79 Å². The highest BCUT2D eigenvalue weighted by Gasteiger charge is 2.23. The summed E-state index contributed by atoms with van der Waals surface area (Å²) in [5, 5.41) is 6.79. The van der Waals surface area contributed by atoms with Gasteiger partial charge in [0, 0.05) is 24.5 Å². The largest absolute Gasteiger partial charge is 0.354 e. The van der Waals surface area contributed by atoms with Gasteiger partial charge in [0.2, 0.25) is 5.91 Å². The number of amides is 1. The number of halogens is 1. The van der Waals surface area contributed by atoms with Crippen molar-refractivity contribution in [3.63, 3.8) is 0 Å². The Hall–Kier alpha value is -1.10. The summed E-state index contributed by atoms with van der Waals surface area (Å²) in [7, 11) is 1.85. The second-order valence-electron chi connectivity index (χ2n) is 5.47. The van der Waals surface area contributed by atoms with Crippen molar-refractivity contribution in [1.29, 1.82) is 0 Å². The molecule has 1 amide bonds. The highest BCUT2D eigenvalue weighted by atomic mass is 35.5. The highest BCUT2D eigenvalue weighted by molar-refractivity contribution is 6.30. The van der Waals surface area contributed by atoms with Gasteiger partial charge in [-0.25, -0.2) is 0 Å². The Balaban J connectivity index is 2.00. The number of carbonyl (C=O) groups is 1. The van der Waals surface area contributed by atoms with Gasteiger partial charge in [0.15, 0.2) is 0 Å². The van der Waals surface area contributed by atoms with Gasteiger partial charge in [-0.05, 0) is 50.7 Å². The first-order valence-corrected chi connectivity index (χ1v) is 7.99. The van der Waals surface area contributed by atoms with E-state index in [0.29, 0.717) is 19.5 Å². The van der Waals surface area contributed by atoms with Crippen LogP contribution in [-0.4, -0.2) is 44.0 Å². The fraction of sp³-hybridized carbons (Fsp3) is 0.562. The fourth-order valence-electron chi connectivity index (χ4n) is 2.76. The monoisotopic (exact) mass is 309 g/mol. The fourth-order valence-corrected chi connectivity index (χ4v) is 2.96. The zero-order valence-electron chi connectivity index (χ0n) is 12.6. The molecule has 4 nitrogen and oxygen atoms in total. The van der Waals surface area contributed by atoms with Crippen LogP contribution in [0.1, 0.15) is 30.9 Å². The van der Waals surface area contributed by atoms with Crippen LogP contribution in [0.4, 0.5) is 0 Å². The summed E-state index contributed by atoms with van der Waals surface area (Å²) >= 11 is 6.11. The number of likely N-dealkylation sites (tertiary alicyclic amines) is 1. The maximum absolute atomic E-state index is 11.8. The lowest BCUT2D eigenvalue weighted by Crippen LogP contribution is -2.37. The van der Waals surface area contributed by atoms with E-state index in [1.165, 1.54) is 18.4 Å². The lowest BCUT2D eigenvalue weighted by atomic mass is 10.1. The van der Waals surface area contributed by atoms with Gasteiger partial charge in [-0.2, -0.15) is 0 Å². The van der Waals surface area contributed by atoms with Crippen molar-refractivity contribution in [2.45, 2.75) is 25.3 Å². The van der Waals surface area contributed by atoms with Crippen LogP contribution in [-0.2, 0) is 4.79 Å². The predicted octanol–water partition coefficient (Wildman–Crippen LogP) is 2.20. The van der Waals surface area contributed by atoms with E-state index in [1.54, 1.807) is 0 Å². The van der Waals surface area contributed by atoms with E-state index >= 15 is 0 Å². The SMILES string of the molecule is CNCCC(=O)NCC(c1cccc(Cl)c1)N1CCCC1. The molecule has 116 valence electrons. The van der Waals surface area contributed by atoms with Crippen molar-refractivity contribution in [2.24, 2.45) is 0 Å². The Labute approximate surface area is 131 Å². The van der Waals surface area contributed by atoms with Crippen molar-refractivity contribution < 1.29 is 4.79 Å². The molecular weight excluding hydrogens is 286 g/mol. The summed E-state index contributed by atoms with van der Waals surface area (Å²) in [6.45, 7) is 3.52. The normalized spacial score (nSPS) is 16.9. The zero-order chi connectivity index (χ0) is 15.1. The predicted molar refractivity (Wildman–Crippen MR) is 86.6 cm³/mol. The third kappa shape index (κ3) is 4.99. The van der Waals surface area contributed by atoms with Gasteiger partial charge in [-0.3, -0.25) is 9.69 Å². The standard InChI is InChI=1S/C16H24ClN3O/c1-18-8-7-16(21)19-12-15(20-9-2-3-10-20)13-5-4-6-14(17)11-13/h4-6,11,15,18H,2-3,7-10,12H2,1H3,(H,19,21). The molecule has 0 bridgehead atoms. The third-order valence-corrected chi connectivity index (χ3v) is 4.14. The minimum atomic E-state index is 0.0931. The number of benzene rings is 1. The van der Waals surface area contributed by atoms with Gasteiger partial charge in [0.05, 0.1) is 6.04 Å². The number of hydrogen-bond donors (Lipinski definition) is 2. The van der Waals surface area contributed by atoms with Crippen molar-refractivity contribution >= 4 is 17.5 Å². The number of nitrogens with one attached hydrogen (secondary N) is 2. The van der Waals surface area contributed by atoms with E-state index in [0.717, 1.165) is 18.1 Å². The molecule has 2 N–H and O–H groups in total. The first-order valence-electron chi connectivity index (χ1n) is 7.61. The van der Waals surface area contributed by atoms with E-state index < -0.39 is 0 Å². The van der Waals surface area contributed by atoms with Crippen molar-refractivity contribution in [3.05, 3.63) is 34.9 Å². The molecule has 5 heteroatoms. The van der Waals surface area contributed by atoms with Gasteiger partial charge in [-0.15, -0.1) is 0 Å². The molecule has 2 rings (SSSR count). The molecule has 21 heavy (non-hydrogen) atoms. The van der Waals surface area contributed by atoms with E-state index in [4.69, 9.17) is 11.6 Å². The maximum atomic E-state index is 11.8. The molecule has 1 saturated heterocycles. The first kappa shape index (κ1) is 16.3. The van der Waals surface area contributed by atoms with Gasteiger partial charge in [0.1, 0.15) is 0 Å². The summed E-state index contributed by atoms with van der Waals surface area (Å²) in [5.74, 6) is 0.0931. The zero-order valence-corrected chi connectivity index (χ0v) is 13.3. The van der Waals surface area contributed by atoms with Crippen LogP contribution < -0.4 is 10.6 Å². The minimum Gasteiger partial charge on any atom is -0.354 e. The van der Waals surface area contributed by atoms with Gasteiger partial charge in [0.25, 0.3) is 0 Å². The van der Waals surface area contributed by atoms with Gasteiger partial charge in [-0.1, -0.05) is 23.7 Å². The molecule has 1 aromatic carbocycles. The molecule has 1 atom stereocenters. The Morgan fingerprint density at radius 3 is 2.81 bits per heavy atom. The number of carbonyl (C=O) groups excluding carboxylic acids is 1. The molecule has 0 aliphatic carbocycles. The van der Waals surface area contributed by atoms with E-state index in [2.05, 4.69) is 21.6 Å². The summed E-state index contributed by atoms with van der Waals surface area (Å²) < 4.78 is 0. The van der Waals surface area contributed by atoms with Crippen LogP contribution >= 0.6 is 11.6 Å². The molecule has 0 saturated carbocycles. The second kappa shape index (κ2) is 8.37. The molecule has 1 aliphatic heterocycles. The lowest BCUT2D eigenvalue weighted by Gasteiger charge is -2.28. The summed E-state index contributed by atoms with van der Waals surface area (Å²) in [6.07, 6.45) is 2.97. The Morgan fingerprint density at radius 2 is 2.14 bits per heavy atom. The quantitative estimate of drug-likeness (QED) is 0.811. The van der Waals surface area contributed by atoms with Gasteiger partial charge < -0.3 is 10.6 Å². The molecule has 1 unspecified atom stereocenters. The Bertz CT molecular complexity index is 461. The highest BCUT2D eigenvalue weighted by Crippen LogP contribution is 2.26. The van der Waals surface area contributed by atoms with Crippen molar-refractivity contribution in [3.8, 4) is 0 Å². The summed E-state index contributed by atoms with van der Waals surface area (Å²) in [5.41, 5.74) is 1.18. The Morgan fingerprint density at radius 1 is 1.38 bits per heavy atom. The molecular formula is C16H24ClN3O. The minimum absolute atomic E-state index is 0.0931. The van der Waals surface area contributed by atoms with Crippen molar-refractivity contribution in [2.75, 3.05) is 33.2 Å². The molecule has 0 aromatic heterocycles.